The normalized spacial score (nSPS) is 12.3. The summed E-state index contributed by atoms with van der Waals surface area (Å²) in [6.07, 6.45) is 0.113. The van der Waals surface area contributed by atoms with Crippen LogP contribution < -0.4 is 14.2 Å². The first-order chi connectivity index (χ1) is 15.7. The molecular formula is C26H23NO5. The highest BCUT2D eigenvalue weighted by molar-refractivity contribution is 6.00. The van der Waals surface area contributed by atoms with Crippen molar-refractivity contribution in [2.75, 3.05) is 13.2 Å². The molecule has 5 rings (SSSR count). The van der Waals surface area contributed by atoms with E-state index < -0.39 is 6.16 Å². The number of hydrogen-bond acceptors (Lipinski definition) is 5. The van der Waals surface area contributed by atoms with Gasteiger partial charge in [0.25, 0.3) is 0 Å². The van der Waals surface area contributed by atoms with Crippen LogP contribution in [0.1, 0.15) is 18.1 Å². The molecule has 32 heavy (non-hydrogen) atoms. The van der Waals surface area contributed by atoms with Crippen LogP contribution >= 0.6 is 0 Å². The maximum Gasteiger partial charge on any atom is 0.515 e. The Kier molecular flexibility index (Phi) is 5.42. The van der Waals surface area contributed by atoms with E-state index in [4.69, 9.17) is 18.9 Å². The Morgan fingerprint density at radius 1 is 1.06 bits per heavy atom. The molecule has 0 spiro atoms. The molecular weight excluding hydrogens is 406 g/mol. The number of aromatic nitrogens is 1. The van der Waals surface area contributed by atoms with Crippen LogP contribution in [0.4, 0.5) is 4.79 Å². The first kappa shape index (κ1) is 20.0. The molecule has 162 valence electrons. The van der Waals surface area contributed by atoms with Crippen LogP contribution in [0.2, 0.25) is 0 Å². The Hall–Kier alpha value is -3.93. The van der Waals surface area contributed by atoms with E-state index in [1.807, 2.05) is 60.7 Å². The molecule has 0 saturated carbocycles. The lowest BCUT2D eigenvalue weighted by Crippen LogP contribution is -2.10. The molecule has 4 aromatic rings. The number of carbonyl (C=O) groups is 1. The summed E-state index contributed by atoms with van der Waals surface area (Å²) in [6, 6.07) is 21.8. The molecule has 1 aliphatic heterocycles. The summed E-state index contributed by atoms with van der Waals surface area (Å²) in [6.45, 7) is 3.13. The second-order valence-electron chi connectivity index (χ2n) is 7.52. The fraction of sp³-hybridized carbons (Fsp3) is 0.192. The summed E-state index contributed by atoms with van der Waals surface area (Å²) in [5.74, 6) is 1.97. The minimum Gasteiger partial charge on any atom is -0.493 e. The van der Waals surface area contributed by atoms with Crippen LogP contribution in [0.25, 0.3) is 22.0 Å². The van der Waals surface area contributed by atoms with E-state index in [0.29, 0.717) is 19.1 Å². The van der Waals surface area contributed by atoms with Crippen molar-refractivity contribution in [3.05, 3.63) is 77.9 Å². The maximum atomic E-state index is 12.1. The van der Waals surface area contributed by atoms with Gasteiger partial charge in [-0.1, -0.05) is 36.4 Å². The predicted octanol–water partition coefficient (Wildman–Crippen LogP) is 5.88. The number of ether oxygens (including phenoxy) is 4. The van der Waals surface area contributed by atoms with Gasteiger partial charge >= 0.3 is 6.16 Å². The zero-order valence-corrected chi connectivity index (χ0v) is 17.7. The number of nitrogens with one attached hydrogen (secondary N) is 1. The minimum absolute atomic E-state index is 0.238. The molecule has 3 aromatic carbocycles. The number of H-pyrrole nitrogens is 1. The summed E-state index contributed by atoms with van der Waals surface area (Å²) >= 11 is 0. The van der Waals surface area contributed by atoms with Crippen molar-refractivity contribution in [1.82, 2.24) is 4.98 Å². The topological polar surface area (TPSA) is 69.8 Å². The quantitative estimate of drug-likeness (QED) is 0.387. The smallest absolute Gasteiger partial charge is 0.493 e. The van der Waals surface area contributed by atoms with Gasteiger partial charge in [-0.2, -0.15) is 0 Å². The molecule has 2 heterocycles. The Morgan fingerprint density at radius 3 is 2.78 bits per heavy atom. The van der Waals surface area contributed by atoms with Crippen molar-refractivity contribution in [1.29, 1.82) is 0 Å². The third-order valence-electron chi connectivity index (χ3n) is 5.41. The largest absolute Gasteiger partial charge is 0.515 e. The summed E-state index contributed by atoms with van der Waals surface area (Å²) in [5, 5.41) is 0.926. The molecule has 0 radical (unpaired) electrons. The average molecular weight is 429 g/mol. The fourth-order valence-electron chi connectivity index (χ4n) is 3.92. The maximum absolute atomic E-state index is 12.1. The SMILES string of the molecule is CCOC(=O)Oc1[nH]c2cc(OCc3ccccc3)ccc2c1-c1ccc2c(c1)CCO2. The van der Waals surface area contributed by atoms with Gasteiger partial charge in [-0.3, -0.25) is 0 Å². The van der Waals surface area contributed by atoms with Gasteiger partial charge in [-0.05, 0) is 47.9 Å². The molecule has 1 aliphatic rings. The van der Waals surface area contributed by atoms with E-state index in [1.165, 1.54) is 0 Å². The third-order valence-corrected chi connectivity index (χ3v) is 5.41. The average Bonchev–Trinajstić information content (AvgIpc) is 3.41. The lowest BCUT2D eigenvalue weighted by molar-refractivity contribution is 0.103. The Morgan fingerprint density at radius 2 is 1.94 bits per heavy atom. The van der Waals surface area contributed by atoms with E-state index in [2.05, 4.69) is 11.1 Å². The molecule has 0 atom stereocenters. The molecule has 0 aliphatic carbocycles. The van der Waals surface area contributed by atoms with Crippen molar-refractivity contribution in [2.24, 2.45) is 0 Å². The predicted molar refractivity (Wildman–Crippen MR) is 121 cm³/mol. The highest BCUT2D eigenvalue weighted by Crippen LogP contribution is 2.41. The zero-order chi connectivity index (χ0) is 21.9. The van der Waals surface area contributed by atoms with E-state index in [9.17, 15) is 4.79 Å². The third kappa shape index (κ3) is 3.99. The summed E-state index contributed by atoms with van der Waals surface area (Å²) in [7, 11) is 0. The fourth-order valence-corrected chi connectivity index (χ4v) is 3.92. The molecule has 6 heteroatoms. The van der Waals surface area contributed by atoms with Gasteiger partial charge < -0.3 is 23.9 Å². The van der Waals surface area contributed by atoms with E-state index in [0.717, 1.165) is 51.1 Å². The van der Waals surface area contributed by atoms with E-state index >= 15 is 0 Å². The zero-order valence-electron chi connectivity index (χ0n) is 17.7. The van der Waals surface area contributed by atoms with E-state index in [-0.39, 0.29) is 6.61 Å². The monoisotopic (exact) mass is 429 g/mol. The summed E-state index contributed by atoms with van der Waals surface area (Å²) in [5.41, 5.74) is 4.78. The highest BCUT2D eigenvalue weighted by Gasteiger charge is 2.21. The van der Waals surface area contributed by atoms with Crippen molar-refractivity contribution in [3.8, 4) is 28.5 Å². The van der Waals surface area contributed by atoms with Gasteiger partial charge in [0, 0.05) is 17.9 Å². The standard InChI is InChI=1S/C26H23NO5/c1-2-29-26(28)32-25-24(19-8-11-23-18(14-19)12-13-30-23)21-10-9-20(15-22(21)27-25)31-16-17-6-4-3-5-7-17/h3-11,14-15,27H,2,12-13,16H2,1H3. The second-order valence-corrected chi connectivity index (χ2v) is 7.52. The highest BCUT2D eigenvalue weighted by atomic mass is 16.7. The molecule has 0 saturated heterocycles. The lowest BCUT2D eigenvalue weighted by atomic mass is 10.0. The van der Waals surface area contributed by atoms with Gasteiger partial charge in [0.05, 0.1) is 24.3 Å². The van der Waals surface area contributed by atoms with Gasteiger partial charge in [0.1, 0.15) is 18.1 Å². The van der Waals surface area contributed by atoms with E-state index in [1.54, 1.807) is 6.92 Å². The molecule has 0 fully saturated rings. The number of hydrogen-bond donors (Lipinski definition) is 1. The Bertz CT molecular complexity index is 1260. The van der Waals surface area contributed by atoms with Crippen molar-refractivity contribution < 1.29 is 23.7 Å². The van der Waals surface area contributed by atoms with Crippen LogP contribution in [-0.4, -0.2) is 24.4 Å². The Labute approximate surface area is 185 Å². The number of rotatable bonds is 6. The lowest BCUT2D eigenvalue weighted by Gasteiger charge is -2.08. The first-order valence-corrected chi connectivity index (χ1v) is 10.6. The van der Waals surface area contributed by atoms with Crippen LogP contribution in [0.5, 0.6) is 17.4 Å². The molecule has 0 unspecified atom stereocenters. The number of fused-ring (bicyclic) bond motifs is 2. The first-order valence-electron chi connectivity index (χ1n) is 10.6. The molecule has 0 amide bonds. The number of benzene rings is 3. The number of carbonyl (C=O) groups excluding carboxylic acids is 1. The molecule has 1 aromatic heterocycles. The van der Waals surface area contributed by atoms with Crippen molar-refractivity contribution in [3.63, 3.8) is 0 Å². The Balaban J connectivity index is 1.51. The van der Waals surface area contributed by atoms with Crippen molar-refractivity contribution >= 4 is 17.1 Å². The molecule has 6 nitrogen and oxygen atoms in total. The van der Waals surface area contributed by atoms with Crippen LogP contribution in [0, 0.1) is 0 Å². The number of aromatic amines is 1. The minimum atomic E-state index is -0.745. The van der Waals surface area contributed by atoms with Crippen LogP contribution in [0.3, 0.4) is 0 Å². The van der Waals surface area contributed by atoms with Crippen LogP contribution in [-0.2, 0) is 17.8 Å². The van der Waals surface area contributed by atoms with Gasteiger partial charge in [0.15, 0.2) is 0 Å². The van der Waals surface area contributed by atoms with Crippen molar-refractivity contribution in [2.45, 2.75) is 20.0 Å². The van der Waals surface area contributed by atoms with Gasteiger partial charge in [0.2, 0.25) is 5.88 Å². The molecule has 0 bridgehead atoms. The summed E-state index contributed by atoms with van der Waals surface area (Å²) < 4.78 is 22.1. The second kappa shape index (κ2) is 8.67. The van der Waals surface area contributed by atoms with Crippen LogP contribution in [0.15, 0.2) is 66.7 Å². The summed E-state index contributed by atoms with van der Waals surface area (Å²) in [4.78, 5) is 15.3. The molecule has 1 N–H and O–H groups in total. The van der Waals surface area contributed by atoms with Gasteiger partial charge in [-0.15, -0.1) is 0 Å². The van der Waals surface area contributed by atoms with Gasteiger partial charge in [-0.25, -0.2) is 4.79 Å².